The lowest BCUT2D eigenvalue weighted by atomic mass is 10.2. The van der Waals surface area contributed by atoms with Crippen LogP contribution < -0.4 is 4.72 Å². The van der Waals surface area contributed by atoms with Crippen molar-refractivity contribution in [3.05, 3.63) is 53.6 Å². The van der Waals surface area contributed by atoms with E-state index in [0.717, 1.165) is 19.3 Å². The Morgan fingerprint density at radius 3 is 2.27 bits per heavy atom. The first kappa shape index (κ1) is 19.2. The van der Waals surface area contributed by atoms with E-state index in [2.05, 4.69) is 4.72 Å². The highest BCUT2D eigenvalue weighted by Gasteiger charge is 2.26. The van der Waals surface area contributed by atoms with Crippen molar-refractivity contribution < 1.29 is 16.8 Å². The summed E-state index contributed by atoms with van der Waals surface area (Å²) < 4.78 is 54.4. The fraction of sp³-hybridized carbons (Fsp3) is 0.294. The molecular weight excluding hydrogens is 396 g/mol. The van der Waals surface area contributed by atoms with Crippen molar-refractivity contribution in [2.75, 3.05) is 17.8 Å². The molecule has 2 aromatic carbocycles. The first-order valence-corrected chi connectivity index (χ1v) is 11.5. The van der Waals surface area contributed by atoms with Crippen molar-refractivity contribution in [3.8, 4) is 0 Å². The molecule has 1 N–H and O–H groups in total. The average molecular weight is 415 g/mol. The van der Waals surface area contributed by atoms with Gasteiger partial charge in [0.1, 0.15) is 4.90 Å². The lowest BCUT2D eigenvalue weighted by molar-refractivity contribution is 0.346. The van der Waals surface area contributed by atoms with Crippen LogP contribution in [0.15, 0.2) is 58.3 Å². The van der Waals surface area contributed by atoms with Gasteiger partial charge in [-0.25, -0.2) is 16.8 Å². The van der Waals surface area contributed by atoms with Crippen molar-refractivity contribution in [2.24, 2.45) is 0 Å². The maximum Gasteiger partial charge on any atom is 0.263 e. The molecule has 0 aromatic heterocycles. The van der Waals surface area contributed by atoms with E-state index in [0.29, 0.717) is 13.1 Å². The van der Waals surface area contributed by atoms with Gasteiger partial charge in [0.25, 0.3) is 10.0 Å². The zero-order valence-electron chi connectivity index (χ0n) is 13.9. The summed E-state index contributed by atoms with van der Waals surface area (Å²) in [5.41, 5.74) is 0.169. The largest absolute Gasteiger partial charge is 0.280 e. The number of nitrogens with zero attached hydrogens (tertiary/aromatic N) is 1. The van der Waals surface area contributed by atoms with E-state index in [1.165, 1.54) is 40.7 Å². The monoisotopic (exact) mass is 414 g/mol. The average Bonchev–Trinajstić information content (AvgIpc) is 2.62. The van der Waals surface area contributed by atoms with E-state index >= 15 is 0 Å². The molecular formula is C17H19ClN2O4S2. The summed E-state index contributed by atoms with van der Waals surface area (Å²) in [5, 5.41) is 0.0945. The second-order valence-electron chi connectivity index (χ2n) is 6.03. The van der Waals surface area contributed by atoms with Gasteiger partial charge in [-0.3, -0.25) is 4.72 Å². The maximum absolute atomic E-state index is 12.8. The molecule has 1 aliphatic rings. The summed E-state index contributed by atoms with van der Waals surface area (Å²) >= 11 is 5.96. The van der Waals surface area contributed by atoms with Crippen molar-refractivity contribution in [1.82, 2.24) is 4.31 Å². The number of rotatable bonds is 5. The van der Waals surface area contributed by atoms with Crippen LogP contribution in [0.25, 0.3) is 0 Å². The standard InChI is InChI=1S/C17H19ClN2O4S2/c18-16-9-2-3-10-17(16)25(21,22)19-14-7-6-8-15(13-14)26(23,24)20-11-4-1-5-12-20/h2-3,6-10,13,19H,1,4-5,11-12H2. The highest BCUT2D eigenvalue weighted by atomic mass is 35.5. The Morgan fingerprint density at radius 1 is 0.885 bits per heavy atom. The molecule has 0 unspecified atom stereocenters. The Hall–Kier alpha value is -1.61. The molecule has 9 heteroatoms. The topological polar surface area (TPSA) is 83.5 Å². The first-order chi connectivity index (χ1) is 12.3. The Morgan fingerprint density at radius 2 is 1.58 bits per heavy atom. The van der Waals surface area contributed by atoms with Gasteiger partial charge in [-0.2, -0.15) is 4.31 Å². The molecule has 26 heavy (non-hydrogen) atoms. The molecule has 0 spiro atoms. The molecule has 0 amide bonds. The summed E-state index contributed by atoms with van der Waals surface area (Å²) in [6.45, 7) is 0.968. The third-order valence-electron chi connectivity index (χ3n) is 4.17. The minimum atomic E-state index is -3.92. The lowest BCUT2D eigenvalue weighted by Gasteiger charge is -2.26. The lowest BCUT2D eigenvalue weighted by Crippen LogP contribution is -2.35. The predicted molar refractivity (Wildman–Crippen MR) is 101 cm³/mol. The molecule has 0 saturated carbocycles. The zero-order valence-corrected chi connectivity index (χ0v) is 16.3. The van der Waals surface area contributed by atoms with Crippen LogP contribution in [0.2, 0.25) is 5.02 Å². The van der Waals surface area contributed by atoms with Gasteiger partial charge in [0, 0.05) is 13.1 Å². The number of sulfonamides is 2. The van der Waals surface area contributed by atoms with Crippen LogP contribution in [0.1, 0.15) is 19.3 Å². The van der Waals surface area contributed by atoms with Crippen LogP contribution in [-0.2, 0) is 20.0 Å². The normalized spacial score (nSPS) is 16.3. The van der Waals surface area contributed by atoms with Crippen LogP contribution in [0.5, 0.6) is 0 Å². The minimum Gasteiger partial charge on any atom is -0.280 e. The zero-order chi connectivity index (χ0) is 18.8. The molecule has 140 valence electrons. The quantitative estimate of drug-likeness (QED) is 0.813. The number of hydrogen-bond donors (Lipinski definition) is 1. The molecule has 1 heterocycles. The molecule has 0 radical (unpaired) electrons. The highest BCUT2D eigenvalue weighted by molar-refractivity contribution is 7.92. The fourth-order valence-corrected chi connectivity index (χ4v) is 5.98. The van der Waals surface area contributed by atoms with Crippen molar-refractivity contribution in [3.63, 3.8) is 0 Å². The van der Waals surface area contributed by atoms with Gasteiger partial charge < -0.3 is 0 Å². The highest BCUT2D eigenvalue weighted by Crippen LogP contribution is 2.26. The molecule has 1 saturated heterocycles. The Labute approximate surface area is 158 Å². The number of benzene rings is 2. The Bertz CT molecular complexity index is 1000. The number of piperidine rings is 1. The number of anilines is 1. The Balaban J connectivity index is 1.89. The molecule has 3 rings (SSSR count). The number of halogens is 1. The van der Waals surface area contributed by atoms with Gasteiger partial charge >= 0.3 is 0 Å². The van der Waals surface area contributed by atoms with E-state index < -0.39 is 20.0 Å². The van der Waals surface area contributed by atoms with E-state index in [1.54, 1.807) is 12.1 Å². The molecule has 6 nitrogen and oxygen atoms in total. The van der Waals surface area contributed by atoms with Gasteiger partial charge in [-0.05, 0) is 43.2 Å². The summed E-state index contributed by atoms with van der Waals surface area (Å²) in [6.07, 6.45) is 2.68. The smallest absolute Gasteiger partial charge is 0.263 e. The van der Waals surface area contributed by atoms with Crippen molar-refractivity contribution in [1.29, 1.82) is 0 Å². The van der Waals surface area contributed by atoms with Crippen LogP contribution in [0.3, 0.4) is 0 Å². The van der Waals surface area contributed by atoms with Crippen LogP contribution in [0, 0.1) is 0 Å². The molecule has 0 atom stereocenters. The second-order valence-corrected chi connectivity index (χ2v) is 10.0. The fourth-order valence-electron chi connectivity index (χ4n) is 2.85. The van der Waals surface area contributed by atoms with E-state index in [-0.39, 0.29) is 20.5 Å². The second kappa shape index (κ2) is 7.56. The van der Waals surface area contributed by atoms with Crippen molar-refractivity contribution >= 4 is 37.3 Å². The van der Waals surface area contributed by atoms with Gasteiger partial charge in [-0.15, -0.1) is 0 Å². The molecule has 1 fully saturated rings. The third-order valence-corrected chi connectivity index (χ3v) is 7.94. The SMILES string of the molecule is O=S(=O)(Nc1cccc(S(=O)(=O)N2CCCCC2)c1)c1ccccc1Cl. The van der Waals surface area contributed by atoms with Gasteiger partial charge in [-0.1, -0.05) is 36.2 Å². The minimum absolute atomic E-state index is 0.0639. The first-order valence-electron chi connectivity index (χ1n) is 8.18. The van der Waals surface area contributed by atoms with Gasteiger partial charge in [0.15, 0.2) is 0 Å². The van der Waals surface area contributed by atoms with Crippen LogP contribution in [-0.4, -0.2) is 34.2 Å². The molecule has 2 aromatic rings. The molecule has 1 aliphatic heterocycles. The summed E-state index contributed by atoms with van der Waals surface area (Å²) in [5.74, 6) is 0. The Kier molecular flexibility index (Phi) is 5.57. The van der Waals surface area contributed by atoms with E-state index in [9.17, 15) is 16.8 Å². The molecule has 0 aliphatic carbocycles. The van der Waals surface area contributed by atoms with E-state index in [4.69, 9.17) is 11.6 Å². The van der Waals surface area contributed by atoms with Gasteiger partial charge in [0.2, 0.25) is 10.0 Å². The number of hydrogen-bond acceptors (Lipinski definition) is 4. The van der Waals surface area contributed by atoms with E-state index in [1.807, 2.05) is 0 Å². The summed E-state index contributed by atoms with van der Waals surface area (Å²) in [4.78, 5) is 0.00437. The third kappa shape index (κ3) is 4.03. The number of nitrogens with one attached hydrogen (secondary N) is 1. The predicted octanol–water partition coefficient (Wildman–Crippen LogP) is 3.32. The molecule has 0 bridgehead atoms. The van der Waals surface area contributed by atoms with Crippen LogP contribution >= 0.6 is 11.6 Å². The summed E-state index contributed by atoms with van der Waals surface area (Å²) in [6, 6.07) is 11.9. The van der Waals surface area contributed by atoms with Crippen LogP contribution in [0.4, 0.5) is 5.69 Å². The maximum atomic E-state index is 12.8. The summed E-state index contributed by atoms with van der Waals surface area (Å²) in [7, 11) is -7.56. The van der Waals surface area contributed by atoms with Gasteiger partial charge in [0.05, 0.1) is 15.6 Å². The van der Waals surface area contributed by atoms with Crippen molar-refractivity contribution in [2.45, 2.75) is 29.1 Å².